The number of alkyl halides is 3. The molecule has 1 atom stereocenters. The summed E-state index contributed by atoms with van der Waals surface area (Å²) in [6.07, 6.45) is -3.88. The summed E-state index contributed by atoms with van der Waals surface area (Å²) in [6.45, 7) is 2.06. The van der Waals surface area contributed by atoms with E-state index in [0.717, 1.165) is 12.1 Å². The van der Waals surface area contributed by atoms with Gasteiger partial charge in [0, 0.05) is 36.1 Å². The molecule has 1 aliphatic rings. The van der Waals surface area contributed by atoms with Crippen LogP contribution in [0.5, 0.6) is 5.75 Å². The monoisotopic (exact) mass is 437 g/mol. The average molecular weight is 437 g/mol. The van der Waals surface area contributed by atoms with Gasteiger partial charge in [-0.05, 0) is 31.9 Å². The first kappa shape index (κ1) is 21.4. The third-order valence-corrected chi connectivity index (χ3v) is 6.02. The van der Waals surface area contributed by atoms with Crippen LogP contribution in [0.15, 0.2) is 18.2 Å². The summed E-state index contributed by atoms with van der Waals surface area (Å²) < 4.78 is 80.6. The van der Waals surface area contributed by atoms with Gasteiger partial charge in [0.05, 0.1) is 5.75 Å². The predicted octanol–water partition coefficient (Wildman–Crippen LogP) is 2.75. The first-order valence-corrected chi connectivity index (χ1v) is 10.5. The Bertz CT molecular complexity index is 1020. The Morgan fingerprint density at radius 3 is 2.72 bits per heavy atom. The number of hydrogen-bond donors (Lipinski definition) is 2. The molecule has 2 aromatic rings. The fourth-order valence-electron chi connectivity index (χ4n) is 3.22. The van der Waals surface area contributed by atoms with Crippen LogP contribution in [0.4, 0.5) is 17.6 Å². The van der Waals surface area contributed by atoms with Gasteiger partial charge in [0.25, 0.3) is 5.91 Å². The topological polar surface area (TPSA) is 91.5 Å². The molecule has 0 bridgehead atoms. The van der Waals surface area contributed by atoms with Gasteiger partial charge in [0.1, 0.15) is 5.69 Å². The van der Waals surface area contributed by atoms with Gasteiger partial charge in [-0.1, -0.05) is 0 Å². The first-order valence-electron chi connectivity index (χ1n) is 8.84. The second-order valence-corrected chi connectivity index (χ2v) is 8.75. The number of nitrogens with zero attached hydrogens (tertiary/aromatic N) is 1. The maximum Gasteiger partial charge on any atom is 0.573 e. The lowest BCUT2D eigenvalue weighted by Crippen LogP contribution is -2.49. The molecule has 160 valence electrons. The second-order valence-electron chi connectivity index (χ2n) is 6.71. The van der Waals surface area contributed by atoms with E-state index >= 15 is 0 Å². The number of piperidine rings is 1. The molecular weight excluding hydrogens is 418 g/mol. The quantitative estimate of drug-likeness (QED) is 0.704. The molecule has 12 heteroatoms. The van der Waals surface area contributed by atoms with Gasteiger partial charge in [0.2, 0.25) is 10.0 Å². The number of H-pyrrole nitrogens is 1. The molecule has 1 aromatic heterocycles. The van der Waals surface area contributed by atoms with Crippen molar-refractivity contribution in [3.8, 4) is 5.75 Å². The number of ether oxygens (including phenoxy) is 1. The summed E-state index contributed by atoms with van der Waals surface area (Å²) in [6, 6.07) is 2.56. The van der Waals surface area contributed by atoms with E-state index < -0.39 is 39.9 Å². The summed E-state index contributed by atoms with van der Waals surface area (Å²) in [5.74, 6) is -2.74. The minimum atomic E-state index is -5.04. The molecule has 2 N–H and O–H groups in total. The van der Waals surface area contributed by atoms with E-state index in [1.54, 1.807) is 0 Å². The lowest BCUT2D eigenvalue weighted by molar-refractivity contribution is -0.275. The van der Waals surface area contributed by atoms with Crippen LogP contribution < -0.4 is 9.46 Å². The molecule has 1 aromatic carbocycles. The number of aromatic nitrogens is 1. The van der Waals surface area contributed by atoms with Crippen molar-refractivity contribution < 1.29 is 35.5 Å². The molecule has 2 heterocycles. The lowest BCUT2D eigenvalue weighted by Gasteiger charge is -2.32. The van der Waals surface area contributed by atoms with Crippen molar-refractivity contribution in [2.24, 2.45) is 0 Å². The van der Waals surface area contributed by atoms with Gasteiger partial charge in [-0.2, -0.15) is 0 Å². The minimum Gasteiger partial charge on any atom is -0.403 e. The van der Waals surface area contributed by atoms with Crippen molar-refractivity contribution in [2.75, 3.05) is 18.8 Å². The molecule has 0 spiro atoms. The van der Waals surface area contributed by atoms with Crippen LogP contribution in [0.3, 0.4) is 0 Å². The van der Waals surface area contributed by atoms with Crippen molar-refractivity contribution in [3.63, 3.8) is 0 Å². The number of rotatable bonds is 5. The number of hydrogen-bond acceptors (Lipinski definition) is 4. The maximum absolute atomic E-state index is 13.9. The summed E-state index contributed by atoms with van der Waals surface area (Å²) >= 11 is 0. The summed E-state index contributed by atoms with van der Waals surface area (Å²) in [7, 11) is -3.42. The molecule has 1 fully saturated rings. The molecule has 0 radical (unpaired) electrons. The van der Waals surface area contributed by atoms with E-state index in [9.17, 15) is 30.8 Å². The first-order chi connectivity index (χ1) is 13.5. The molecule has 1 aliphatic heterocycles. The Hall–Kier alpha value is -2.34. The number of halogens is 4. The summed E-state index contributed by atoms with van der Waals surface area (Å²) in [4.78, 5) is 16.9. The highest BCUT2D eigenvalue weighted by Gasteiger charge is 2.33. The molecule has 7 nitrogen and oxygen atoms in total. The van der Waals surface area contributed by atoms with E-state index in [0.29, 0.717) is 19.4 Å². The molecular formula is C17H19F4N3O4S. The lowest BCUT2D eigenvalue weighted by atomic mass is 10.1. The van der Waals surface area contributed by atoms with Gasteiger partial charge in [-0.15, -0.1) is 13.2 Å². The number of sulfonamides is 1. The van der Waals surface area contributed by atoms with Crippen molar-refractivity contribution >= 4 is 26.8 Å². The second kappa shape index (κ2) is 7.82. The number of likely N-dealkylation sites (tertiary alicyclic amines) is 1. The zero-order valence-electron chi connectivity index (χ0n) is 15.3. The molecule has 1 saturated heterocycles. The normalized spacial score (nSPS) is 18.2. The van der Waals surface area contributed by atoms with E-state index in [1.165, 1.54) is 17.9 Å². The zero-order chi connectivity index (χ0) is 21.4. The van der Waals surface area contributed by atoms with Crippen molar-refractivity contribution in [1.82, 2.24) is 14.6 Å². The van der Waals surface area contributed by atoms with Crippen molar-refractivity contribution in [1.29, 1.82) is 0 Å². The Labute approximate surface area is 164 Å². The van der Waals surface area contributed by atoms with Gasteiger partial charge >= 0.3 is 6.36 Å². The Morgan fingerprint density at radius 2 is 2.07 bits per heavy atom. The molecule has 0 saturated carbocycles. The average Bonchev–Trinajstić information content (AvgIpc) is 3.02. The number of fused-ring (bicyclic) bond motifs is 1. The molecule has 1 amide bonds. The number of carbonyl (C=O) groups is 1. The van der Waals surface area contributed by atoms with Crippen molar-refractivity contribution in [2.45, 2.75) is 32.2 Å². The molecule has 0 unspecified atom stereocenters. The van der Waals surface area contributed by atoms with E-state index in [1.807, 2.05) is 0 Å². The SMILES string of the molecule is CCS(=O)(=O)N[C@@H]1CCCN(C(=O)c2cc3cc(OC(F)(F)F)c(F)cc3[nH]2)C1. The van der Waals surface area contributed by atoms with E-state index in [-0.39, 0.29) is 28.9 Å². The highest BCUT2D eigenvalue weighted by atomic mass is 32.2. The maximum atomic E-state index is 13.9. The number of benzene rings is 1. The minimum absolute atomic E-state index is 0.0579. The fourth-order valence-corrected chi connectivity index (χ4v) is 4.08. The van der Waals surface area contributed by atoms with Crippen LogP contribution in [-0.2, 0) is 10.0 Å². The van der Waals surface area contributed by atoms with E-state index in [2.05, 4.69) is 14.4 Å². The van der Waals surface area contributed by atoms with Crippen LogP contribution in [0.25, 0.3) is 10.9 Å². The van der Waals surface area contributed by atoms with E-state index in [4.69, 9.17) is 0 Å². The molecule has 29 heavy (non-hydrogen) atoms. The van der Waals surface area contributed by atoms with Gasteiger partial charge in [-0.3, -0.25) is 4.79 Å². The van der Waals surface area contributed by atoms with Crippen molar-refractivity contribution in [3.05, 3.63) is 29.7 Å². The number of aromatic amines is 1. The number of amides is 1. The standard InChI is InChI=1S/C17H19F4N3O4S/c1-2-29(26,27)23-11-4-3-5-24(9-11)16(25)14-6-10-7-15(28-17(19,20)21)12(18)8-13(10)22-14/h6-8,11,22-23H,2-5,9H2,1H3/t11-/m1/s1. The fraction of sp³-hybridized carbons (Fsp3) is 0.471. The Balaban J connectivity index is 1.80. The van der Waals surface area contributed by atoms with Gasteiger partial charge < -0.3 is 14.6 Å². The number of carbonyl (C=O) groups excluding carboxylic acids is 1. The Morgan fingerprint density at radius 1 is 1.34 bits per heavy atom. The molecule has 3 rings (SSSR count). The van der Waals surface area contributed by atoms with Crippen LogP contribution >= 0.6 is 0 Å². The van der Waals surface area contributed by atoms with Gasteiger partial charge in [-0.25, -0.2) is 17.5 Å². The zero-order valence-corrected chi connectivity index (χ0v) is 16.2. The smallest absolute Gasteiger partial charge is 0.403 e. The van der Waals surface area contributed by atoms with Crippen LogP contribution in [0.2, 0.25) is 0 Å². The predicted molar refractivity (Wildman–Crippen MR) is 96.5 cm³/mol. The van der Waals surface area contributed by atoms with Crippen LogP contribution in [0.1, 0.15) is 30.3 Å². The highest BCUT2D eigenvalue weighted by Crippen LogP contribution is 2.30. The highest BCUT2D eigenvalue weighted by molar-refractivity contribution is 7.89. The molecule has 0 aliphatic carbocycles. The Kier molecular flexibility index (Phi) is 5.77. The third kappa shape index (κ3) is 5.18. The van der Waals surface area contributed by atoms with Crippen LogP contribution in [-0.4, -0.2) is 55.5 Å². The van der Waals surface area contributed by atoms with Gasteiger partial charge in [0.15, 0.2) is 11.6 Å². The summed E-state index contributed by atoms with van der Waals surface area (Å²) in [5.41, 5.74) is 0.197. The third-order valence-electron chi connectivity index (χ3n) is 4.56. The number of nitrogens with one attached hydrogen (secondary N) is 2. The van der Waals surface area contributed by atoms with Crippen LogP contribution in [0, 0.1) is 5.82 Å². The largest absolute Gasteiger partial charge is 0.573 e. The summed E-state index contributed by atoms with van der Waals surface area (Å²) in [5, 5.41) is 0.175.